The number of hydrogen-bond acceptors (Lipinski definition) is 2. The van der Waals surface area contributed by atoms with Gasteiger partial charge in [0.2, 0.25) is 0 Å². The Morgan fingerprint density at radius 1 is 1.35 bits per heavy atom. The molecule has 4 nitrogen and oxygen atoms in total. The fourth-order valence-electron chi connectivity index (χ4n) is 3.33. The molecule has 0 aromatic heterocycles. The molecular weight excluding hydrogens is 288 g/mol. The lowest BCUT2D eigenvalue weighted by Crippen LogP contribution is -2.47. The van der Waals surface area contributed by atoms with Crippen LogP contribution in [0.25, 0.3) is 0 Å². The fourth-order valence-corrected chi connectivity index (χ4v) is 3.33. The van der Waals surface area contributed by atoms with E-state index < -0.39 is 0 Å². The first kappa shape index (κ1) is 16.3. The number of benzene rings is 1. The SMILES string of the molecule is Cc1cccc([C@H](C)CNC(=O)N[C@H]2CCO[C@@H](C3CC3)C2)c1. The van der Waals surface area contributed by atoms with E-state index in [9.17, 15) is 4.79 Å². The normalized spacial score (nSPS) is 25.7. The van der Waals surface area contributed by atoms with Gasteiger partial charge in [0.25, 0.3) is 0 Å². The second kappa shape index (κ2) is 7.35. The summed E-state index contributed by atoms with van der Waals surface area (Å²) >= 11 is 0. The summed E-state index contributed by atoms with van der Waals surface area (Å²) in [6.45, 7) is 5.67. The minimum atomic E-state index is -0.0500. The summed E-state index contributed by atoms with van der Waals surface area (Å²) < 4.78 is 5.81. The third kappa shape index (κ3) is 4.71. The summed E-state index contributed by atoms with van der Waals surface area (Å²) in [7, 11) is 0. The molecule has 0 spiro atoms. The predicted molar refractivity (Wildman–Crippen MR) is 91.6 cm³/mol. The minimum absolute atomic E-state index is 0.0500. The van der Waals surface area contributed by atoms with Crippen molar-refractivity contribution in [2.75, 3.05) is 13.2 Å². The van der Waals surface area contributed by atoms with Crippen LogP contribution in [0.3, 0.4) is 0 Å². The van der Waals surface area contributed by atoms with Crippen LogP contribution in [0.4, 0.5) is 4.79 Å². The molecule has 3 rings (SSSR count). The average Bonchev–Trinajstić information content (AvgIpc) is 3.38. The van der Waals surface area contributed by atoms with Gasteiger partial charge in [-0.3, -0.25) is 0 Å². The monoisotopic (exact) mass is 316 g/mol. The molecule has 126 valence electrons. The summed E-state index contributed by atoms with van der Waals surface area (Å²) in [5.41, 5.74) is 2.53. The van der Waals surface area contributed by atoms with E-state index in [0.29, 0.717) is 18.6 Å². The van der Waals surface area contributed by atoms with Gasteiger partial charge in [0.15, 0.2) is 0 Å². The van der Waals surface area contributed by atoms with Crippen LogP contribution >= 0.6 is 0 Å². The molecule has 0 unspecified atom stereocenters. The van der Waals surface area contributed by atoms with Crippen LogP contribution < -0.4 is 10.6 Å². The van der Waals surface area contributed by atoms with E-state index in [-0.39, 0.29) is 12.1 Å². The first-order chi connectivity index (χ1) is 11.1. The van der Waals surface area contributed by atoms with Crippen molar-refractivity contribution in [3.63, 3.8) is 0 Å². The number of nitrogens with one attached hydrogen (secondary N) is 2. The predicted octanol–water partition coefficient (Wildman–Crippen LogP) is 3.36. The number of amides is 2. The maximum atomic E-state index is 12.1. The zero-order chi connectivity index (χ0) is 16.2. The first-order valence-electron chi connectivity index (χ1n) is 8.84. The van der Waals surface area contributed by atoms with Gasteiger partial charge in [0, 0.05) is 19.2 Å². The van der Waals surface area contributed by atoms with Crippen LogP contribution in [-0.2, 0) is 4.74 Å². The van der Waals surface area contributed by atoms with Crippen LogP contribution in [0.1, 0.15) is 49.7 Å². The van der Waals surface area contributed by atoms with Gasteiger partial charge < -0.3 is 15.4 Å². The summed E-state index contributed by atoms with van der Waals surface area (Å²) in [5, 5.41) is 6.14. The highest BCUT2D eigenvalue weighted by Gasteiger charge is 2.36. The number of ether oxygens (including phenoxy) is 1. The largest absolute Gasteiger partial charge is 0.378 e. The molecule has 2 fully saturated rings. The molecule has 2 aliphatic rings. The lowest BCUT2D eigenvalue weighted by molar-refractivity contribution is -0.00914. The summed E-state index contributed by atoms with van der Waals surface area (Å²) in [4.78, 5) is 12.1. The average molecular weight is 316 g/mol. The smallest absolute Gasteiger partial charge is 0.315 e. The Balaban J connectivity index is 1.42. The third-order valence-corrected chi connectivity index (χ3v) is 4.98. The van der Waals surface area contributed by atoms with E-state index in [1.54, 1.807) is 0 Å². The van der Waals surface area contributed by atoms with E-state index >= 15 is 0 Å². The van der Waals surface area contributed by atoms with Gasteiger partial charge >= 0.3 is 6.03 Å². The highest BCUT2D eigenvalue weighted by Crippen LogP contribution is 2.38. The topological polar surface area (TPSA) is 50.4 Å². The Morgan fingerprint density at radius 3 is 2.91 bits per heavy atom. The molecule has 2 N–H and O–H groups in total. The molecule has 1 saturated carbocycles. The summed E-state index contributed by atoms with van der Waals surface area (Å²) in [5.74, 6) is 1.05. The van der Waals surface area contributed by atoms with Crippen LogP contribution in [-0.4, -0.2) is 31.3 Å². The van der Waals surface area contributed by atoms with Crippen molar-refractivity contribution in [3.05, 3.63) is 35.4 Å². The number of hydrogen-bond donors (Lipinski definition) is 2. The van der Waals surface area contributed by atoms with Crippen molar-refractivity contribution in [1.29, 1.82) is 0 Å². The Labute approximate surface area is 139 Å². The fraction of sp³-hybridized carbons (Fsp3) is 0.632. The number of urea groups is 1. The van der Waals surface area contributed by atoms with Crippen LogP contribution in [0, 0.1) is 12.8 Å². The molecule has 3 atom stereocenters. The van der Waals surface area contributed by atoms with E-state index in [4.69, 9.17) is 4.74 Å². The van der Waals surface area contributed by atoms with Crippen molar-refractivity contribution < 1.29 is 9.53 Å². The number of carbonyl (C=O) groups is 1. The van der Waals surface area contributed by atoms with Gasteiger partial charge in [0.05, 0.1) is 6.10 Å². The van der Waals surface area contributed by atoms with Crippen LogP contribution in [0.5, 0.6) is 0 Å². The summed E-state index contributed by atoms with van der Waals surface area (Å²) in [6.07, 6.45) is 4.82. The number of aryl methyl sites for hydroxylation is 1. The maximum Gasteiger partial charge on any atom is 0.315 e. The molecule has 0 bridgehead atoms. The van der Waals surface area contributed by atoms with Crippen LogP contribution in [0.15, 0.2) is 24.3 Å². The molecule has 1 aliphatic carbocycles. The van der Waals surface area contributed by atoms with Crippen LogP contribution in [0.2, 0.25) is 0 Å². The van der Waals surface area contributed by atoms with Gasteiger partial charge in [-0.15, -0.1) is 0 Å². The number of rotatable bonds is 5. The van der Waals surface area contributed by atoms with Gasteiger partial charge in [-0.1, -0.05) is 36.8 Å². The van der Waals surface area contributed by atoms with E-state index in [1.807, 2.05) is 0 Å². The quantitative estimate of drug-likeness (QED) is 0.875. The van der Waals surface area contributed by atoms with Crippen molar-refractivity contribution in [3.8, 4) is 0 Å². The van der Waals surface area contributed by atoms with Gasteiger partial charge in [-0.2, -0.15) is 0 Å². The second-order valence-electron chi connectivity index (χ2n) is 7.14. The Kier molecular flexibility index (Phi) is 5.21. The molecule has 23 heavy (non-hydrogen) atoms. The van der Waals surface area contributed by atoms with Gasteiger partial charge in [0.1, 0.15) is 0 Å². The Morgan fingerprint density at radius 2 is 2.17 bits per heavy atom. The third-order valence-electron chi connectivity index (χ3n) is 4.98. The molecule has 1 aromatic rings. The van der Waals surface area contributed by atoms with Crippen molar-refractivity contribution in [2.45, 2.75) is 57.6 Å². The standard InChI is InChI=1S/C19H28N2O2/c1-13-4-3-5-16(10-13)14(2)12-20-19(22)21-17-8-9-23-18(11-17)15-6-7-15/h3-5,10,14-15,17-18H,6-9,11-12H2,1-2H3,(H2,20,21,22)/t14-,17+,18-/m1/s1. The van der Waals surface area contributed by atoms with E-state index in [0.717, 1.165) is 25.4 Å². The first-order valence-corrected chi connectivity index (χ1v) is 8.84. The van der Waals surface area contributed by atoms with E-state index in [1.165, 1.54) is 24.0 Å². The molecular formula is C19H28N2O2. The molecule has 1 heterocycles. The van der Waals surface area contributed by atoms with E-state index in [2.05, 4.69) is 48.7 Å². The minimum Gasteiger partial charge on any atom is -0.378 e. The highest BCUT2D eigenvalue weighted by atomic mass is 16.5. The molecule has 1 saturated heterocycles. The Bertz CT molecular complexity index is 542. The molecule has 1 aromatic carbocycles. The van der Waals surface area contributed by atoms with Crippen molar-refractivity contribution >= 4 is 6.03 Å². The molecule has 2 amide bonds. The lowest BCUT2D eigenvalue weighted by atomic mass is 9.99. The summed E-state index contributed by atoms with van der Waals surface area (Å²) in [6, 6.07) is 8.67. The molecule has 4 heteroatoms. The second-order valence-corrected chi connectivity index (χ2v) is 7.14. The van der Waals surface area contributed by atoms with Crippen molar-refractivity contribution in [1.82, 2.24) is 10.6 Å². The zero-order valence-corrected chi connectivity index (χ0v) is 14.2. The maximum absolute atomic E-state index is 12.1. The lowest BCUT2D eigenvalue weighted by Gasteiger charge is -2.30. The highest BCUT2D eigenvalue weighted by molar-refractivity contribution is 5.74. The van der Waals surface area contributed by atoms with Gasteiger partial charge in [-0.25, -0.2) is 4.79 Å². The Hall–Kier alpha value is -1.55. The zero-order valence-electron chi connectivity index (χ0n) is 14.2. The van der Waals surface area contributed by atoms with Crippen molar-refractivity contribution in [2.24, 2.45) is 5.92 Å². The molecule has 1 aliphatic heterocycles. The number of carbonyl (C=O) groups excluding carboxylic acids is 1. The van der Waals surface area contributed by atoms with Gasteiger partial charge in [-0.05, 0) is 50.0 Å². The molecule has 0 radical (unpaired) electrons.